The molecule has 0 saturated heterocycles. The highest BCUT2D eigenvalue weighted by Crippen LogP contribution is 1.92. The van der Waals surface area contributed by atoms with E-state index in [9.17, 15) is 9.59 Å². The summed E-state index contributed by atoms with van der Waals surface area (Å²) in [6, 6.07) is -0.979. The van der Waals surface area contributed by atoms with E-state index in [1.165, 1.54) is 0 Å². The van der Waals surface area contributed by atoms with Crippen molar-refractivity contribution in [2.45, 2.75) is 18.9 Å². The summed E-state index contributed by atoms with van der Waals surface area (Å²) in [5, 5.41) is 8.22. The summed E-state index contributed by atoms with van der Waals surface area (Å²) < 4.78 is 0. The molecule has 5 nitrogen and oxygen atoms in total. The van der Waals surface area contributed by atoms with E-state index in [2.05, 4.69) is 0 Å². The van der Waals surface area contributed by atoms with E-state index in [-0.39, 0.29) is 25.2 Å². The monoisotopic (exact) mass is 183 g/mol. The number of nitrogens with two attached hydrogens (primary N) is 2. The van der Waals surface area contributed by atoms with Gasteiger partial charge >= 0.3 is 5.97 Å². The quantitative estimate of drug-likeness (QED) is 0.491. The van der Waals surface area contributed by atoms with Gasteiger partial charge in [-0.15, -0.1) is 12.4 Å². The molecule has 66 valence electrons. The van der Waals surface area contributed by atoms with Gasteiger partial charge in [-0.3, -0.25) is 9.59 Å². The van der Waals surface area contributed by atoms with Crippen LogP contribution < -0.4 is 11.5 Å². The minimum absolute atomic E-state index is 0. The highest BCUT2D eigenvalue weighted by molar-refractivity contribution is 5.85. The molecular weight excluding hydrogens is 173 g/mol. The predicted octanol–water partition coefficient (Wildman–Crippen LogP) is -0.914. The summed E-state index contributed by atoms with van der Waals surface area (Å²) in [5.74, 6) is -1.64. The molecule has 0 spiro atoms. The van der Waals surface area contributed by atoms with Crippen molar-refractivity contribution in [3.8, 4) is 0 Å². The summed E-state index contributed by atoms with van der Waals surface area (Å²) in [7, 11) is 0. The lowest BCUT2D eigenvalue weighted by atomic mass is 10.2. The number of aliphatic carboxylic acids is 1. The Labute approximate surface area is 70.1 Å². The average molecular weight is 184 g/mol. The van der Waals surface area contributed by atoms with E-state index >= 15 is 0 Å². The van der Waals surface area contributed by atoms with Gasteiger partial charge in [-0.05, 0) is 6.42 Å². The Morgan fingerprint density at radius 3 is 2.18 bits per heavy atom. The topological polar surface area (TPSA) is 106 Å². The molecule has 1 atom stereocenters. The maximum Gasteiger partial charge on any atom is 0.320 e. The highest BCUT2D eigenvalue weighted by Gasteiger charge is 2.11. The minimum atomic E-state index is -1.11. The molecule has 0 radical (unpaired) electrons. The SMILES string of the molecule is Cl.N[C@@H](CC[13C](N)=O)C(=O)O. The Morgan fingerprint density at radius 1 is 1.45 bits per heavy atom. The first kappa shape index (κ1) is 12.8. The molecule has 6 heteroatoms. The van der Waals surface area contributed by atoms with Gasteiger partial charge < -0.3 is 16.6 Å². The number of rotatable bonds is 4. The maximum atomic E-state index is 10.1. The standard InChI is InChI=1S/C5H10N2O3.ClH/c6-3(5(9)10)1-2-4(7)8;/h3H,1-2,6H2,(H2,7,8)(H,9,10);1H/t3-;/m0./s1/i4+1;. The van der Waals surface area contributed by atoms with E-state index < -0.39 is 17.9 Å². The van der Waals surface area contributed by atoms with Crippen LogP contribution in [0.2, 0.25) is 0 Å². The van der Waals surface area contributed by atoms with Gasteiger partial charge in [0.25, 0.3) is 0 Å². The Bertz CT molecular complexity index is 151. The first-order chi connectivity index (χ1) is 4.54. The molecule has 0 aliphatic rings. The third-order valence-electron chi connectivity index (χ3n) is 1.02. The summed E-state index contributed by atoms with van der Waals surface area (Å²) in [4.78, 5) is 20.1. The molecule has 0 aromatic heterocycles. The van der Waals surface area contributed by atoms with Crippen molar-refractivity contribution in [2.24, 2.45) is 11.5 Å². The lowest BCUT2D eigenvalue weighted by Gasteiger charge is -2.01. The van der Waals surface area contributed by atoms with Crippen molar-refractivity contribution in [3.05, 3.63) is 0 Å². The van der Waals surface area contributed by atoms with Crippen LogP contribution >= 0.6 is 12.4 Å². The first-order valence-corrected chi connectivity index (χ1v) is 2.80. The van der Waals surface area contributed by atoms with E-state index in [0.29, 0.717) is 0 Å². The van der Waals surface area contributed by atoms with Gasteiger partial charge in [0.05, 0.1) is 0 Å². The van der Waals surface area contributed by atoms with Gasteiger partial charge in [0, 0.05) is 6.42 Å². The van der Waals surface area contributed by atoms with Crippen LogP contribution in [0.1, 0.15) is 12.8 Å². The summed E-state index contributed by atoms with van der Waals surface area (Å²) in [6.07, 6.45) is 0.123. The Morgan fingerprint density at radius 2 is 1.91 bits per heavy atom. The zero-order valence-electron chi connectivity index (χ0n) is 5.82. The van der Waals surface area contributed by atoms with Gasteiger partial charge in [0.15, 0.2) is 0 Å². The molecule has 0 aliphatic carbocycles. The van der Waals surface area contributed by atoms with Crippen LogP contribution in [0.4, 0.5) is 0 Å². The van der Waals surface area contributed by atoms with Gasteiger partial charge in [-0.25, -0.2) is 0 Å². The molecule has 0 rings (SSSR count). The Hall–Kier alpha value is -0.810. The Kier molecular flexibility index (Phi) is 6.92. The number of hydrogen-bond acceptors (Lipinski definition) is 3. The van der Waals surface area contributed by atoms with E-state index in [1.54, 1.807) is 0 Å². The number of carbonyl (C=O) groups excluding carboxylic acids is 1. The first-order valence-electron chi connectivity index (χ1n) is 2.80. The van der Waals surface area contributed by atoms with E-state index in [4.69, 9.17) is 16.6 Å². The third-order valence-corrected chi connectivity index (χ3v) is 1.02. The molecule has 0 aliphatic heterocycles. The number of carboxylic acid groups (broad SMARTS) is 1. The second-order valence-electron chi connectivity index (χ2n) is 1.95. The smallest absolute Gasteiger partial charge is 0.320 e. The average Bonchev–Trinajstić information content (AvgIpc) is 1.82. The lowest BCUT2D eigenvalue weighted by molar-refractivity contribution is -0.138. The van der Waals surface area contributed by atoms with E-state index in [1.807, 2.05) is 0 Å². The molecule has 0 heterocycles. The number of amides is 1. The fraction of sp³-hybridized carbons (Fsp3) is 0.600. The zero-order chi connectivity index (χ0) is 8.15. The van der Waals surface area contributed by atoms with Crippen LogP contribution in [0.3, 0.4) is 0 Å². The summed E-state index contributed by atoms with van der Waals surface area (Å²) in [6.45, 7) is 0. The second-order valence-corrected chi connectivity index (χ2v) is 1.95. The number of halogens is 1. The maximum absolute atomic E-state index is 10.1. The molecular formula is C5H11ClN2O3. The lowest BCUT2D eigenvalue weighted by Crippen LogP contribution is -2.31. The van der Waals surface area contributed by atoms with Crippen LogP contribution in [-0.4, -0.2) is 23.0 Å². The normalized spacial score (nSPS) is 11.4. The highest BCUT2D eigenvalue weighted by atomic mass is 35.5. The summed E-state index contributed by atoms with van der Waals surface area (Å²) >= 11 is 0. The molecule has 0 bridgehead atoms. The largest absolute Gasteiger partial charge is 0.480 e. The molecule has 11 heavy (non-hydrogen) atoms. The van der Waals surface area contributed by atoms with Crippen molar-refractivity contribution in [3.63, 3.8) is 0 Å². The fourth-order valence-corrected chi connectivity index (χ4v) is 0.421. The number of carboxylic acids is 1. The van der Waals surface area contributed by atoms with Crippen LogP contribution in [0, 0.1) is 0 Å². The van der Waals surface area contributed by atoms with Crippen molar-refractivity contribution in [1.82, 2.24) is 0 Å². The van der Waals surface area contributed by atoms with Gasteiger partial charge in [-0.2, -0.15) is 0 Å². The zero-order valence-corrected chi connectivity index (χ0v) is 6.63. The fourth-order valence-electron chi connectivity index (χ4n) is 0.421. The van der Waals surface area contributed by atoms with Crippen LogP contribution in [-0.2, 0) is 9.59 Å². The van der Waals surface area contributed by atoms with Gasteiger partial charge in [-0.1, -0.05) is 0 Å². The molecule has 0 saturated carbocycles. The molecule has 0 fully saturated rings. The molecule has 0 aromatic rings. The number of hydrogen-bond donors (Lipinski definition) is 3. The van der Waals surface area contributed by atoms with Crippen LogP contribution in [0.25, 0.3) is 0 Å². The molecule has 0 aromatic carbocycles. The predicted molar refractivity (Wildman–Crippen MR) is 41.3 cm³/mol. The molecule has 1 amide bonds. The second kappa shape index (κ2) is 5.94. The Balaban J connectivity index is 0. The van der Waals surface area contributed by atoms with Gasteiger partial charge in [0.1, 0.15) is 6.04 Å². The summed E-state index contributed by atoms with van der Waals surface area (Å²) in [5.41, 5.74) is 9.81. The number of primary amides is 1. The third kappa shape index (κ3) is 7.08. The minimum Gasteiger partial charge on any atom is -0.480 e. The van der Waals surface area contributed by atoms with Crippen molar-refractivity contribution >= 4 is 24.3 Å². The van der Waals surface area contributed by atoms with Gasteiger partial charge in [0.2, 0.25) is 5.91 Å². The molecule has 0 unspecified atom stereocenters. The van der Waals surface area contributed by atoms with Crippen LogP contribution in [0.15, 0.2) is 0 Å². The van der Waals surface area contributed by atoms with Crippen molar-refractivity contribution in [1.29, 1.82) is 0 Å². The number of carbonyl (C=O) groups is 2. The van der Waals surface area contributed by atoms with Crippen molar-refractivity contribution < 1.29 is 14.7 Å². The van der Waals surface area contributed by atoms with E-state index in [0.717, 1.165) is 0 Å². The molecule has 5 N–H and O–H groups in total. The van der Waals surface area contributed by atoms with Crippen molar-refractivity contribution in [2.75, 3.05) is 0 Å². The van der Waals surface area contributed by atoms with Crippen LogP contribution in [0.5, 0.6) is 0 Å².